The Morgan fingerprint density at radius 3 is 1.75 bits per heavy atom. The Bertz CT molecular complexity index is 126. The van der Waals surface area contributed by atoms with Crippen LogP contribution in [0.5, 0.6) is 0 Å². The predicted molar refractivity (Wildman–Crippen MR) is 52.3 cm³/mol. The van der Waals surface area contributed by atoms with Gasteiger partial charge in [0.1, 0.15) is 0 Å². The number of hydrogen-bond donors (Lipinski definition) is 1. The molecule has 0 aromatic carbocycles. The second-order valence-corrected chi connectivity index (χ2v) is 4.58. The molecule has 70 valence electrons. The molecule has 1 nitrogen and oxygen atoms in total. The quantitative estimate of drug-likeness (QED) is 0.585. The zero-order chi connectivity index (χ0) is 8.28. The van der Waals surface area contributed by atoms with Crippen LogP contribution < -0.4 is 5.32 Å². The molecule has 1 N–H and O–H groups in total. The minimum absolute atomic E-state index is 0.592. The van der Waals surface area contributed by atoms with E-state index >= 15 is 0 Å². The maximum absolute atomic E-state index is 3.77. The lowest BCUT2D eigenvalue weighted by atomic mass is 9.82. The average molecular weight is 167 g/mol. The van der Waals surface area contributed by atoms with Crippen molar-refractivity contribution in [1.82, 2.24) is 5.32 Å². The summed E-state index contributed by atoms with van der Waals surface area (Å²) < 4.78 is 0. The van der Waals surface area contributed by atoms with E-state index < -0.39 is 0 Å². The first-order valence-electron chi connectivity index (χ1n) is 5.66. The predicted octanol–water partition coefficient (Wildman–Crippen LogP) is 2.85. The third kappa shape index (κ3) is 1.82. The zero-order valence-corrected chi connectivity index (χ0v) is 8.07. The molecule has 1 aliphatic heterocycles. The molecule has 2 rings (SSSR count). The summed E-state index contributed by atoms with van der Waals surface area (Å²) in [5.41, 5.74) is 0.592. The van der Waals surface area contributed by atoms with Crippen LogP contribution in [0.3, 0.4) is 0 Å². The average Bonchev–Trinajstić information content (AvgIpc) is 2.33. The van der Waals surface area contributed by atoms with Gasteiger partial charge in [-0.1, -0.05) is 32.1 Å². The lowest BCUT2D eigenvalue weighted by molar-refractivity contribution is 0.224. The minimum atomic E-state index is 0.592. The van der Waals surface area contributed by atoms with Crippen LogP contribution >= 0.6 is 0 Å². The molecule has 1 spiro atoms. The highest BCUT2D eigenvalue weighted by Gasteiger charge is 2.31. The number of piperidine rings is 1. The van der Waals surface area contributed by atoms with Crippen LogP contribution in [-0.2, 0) is 0 Å². The second-order valence-electron chi connectivity index (χ2n) is 4.58. The van der Waals surface area contributed by atoms with Gasteiger partial charge in [0.25, 0.3) is 0 Å². The fourth-order valence-corrected chi connectivity index (χ4v) is 2.86. The fraction of sp³-hybridized carbons (Fsp3) is 1.00. The van der Waals surface area contributed by atoms with E-state index in [1.54, 1.807) is 0 Å². The van der Waals surface area contributed by atoms with Crippen molar-refractivity contribution in [2.45, 2.75) is 63.3 Å². The van der Waals surface area contributed by atoms with Crippen molar-refractivity contribution < 1.29 is 0 Å². The molecule has 0 atom stereocenters. The van der Waals surface area contributed by atoms with E-state index in [0.717, 1.165) is 0 Å². The Hall–Kier alpha value is -0.0400. The van der Waals surface area contributed by atoms with Crippen LogP contribution in [0.15, 0.2) is 0 Å². The lowest BCUT2D eigenvalue weighted by Crippen LogP contribution is -2.47. The monoisotopic (exact) mass is 167 g/mol. The Morgan fingerprint density at radius 1 is 0.667 bits per heavy atom. The summed E-state index contributed by atoms with van der Waals surface area (Å²) in [5.74, 6) is 0. The smallest absolute Gasteiger partial charge is 0.0181 e. The molecule has 0 bridgehead atoms. The largest absolute Gasteiger partial charge is 0.311 e. The number of hydrogen-bond acceptors (Lipinski definition) is 1. The van der Waals surface area contributed by atoms with Gasteiger partial charge < -0.3 is 5.32 Å². The van der Waals surface area contributed by atoms with Gasteiger partial charge in [-0.15, -0.1) is 0 Å². The summed E-state index contributed by atoms with van der Waals surface area (Å²) in [5, 5.41) is 3.77. The van der Waals surface area contributed by atoms with Crippen molar-refractivity contribution in [3.05, 3.63) is 0 Å². The van der Waals surface area contributed by atoms with Crippen molar-refractivity contribution in [3.8, 4) is 0 Å². The molecular weight excluding hydrogens is 146 g/mol. The molecule has 0 unspecified atom stereocenters. The van der Waals surface area contributed by atoms with Gasteiger partial charge in [-0.05, 0) is 32.2 Å². The highest BCUT2D eigenvalue weighted by atomic mass is 15.0. The molecule has 2 aliphatic rings. The zero-order valence-electron chi connectivity index (χ0n) is 8.07. The summed E-state index contributed by atoms with van der Waals surface area (Å²) in [6.45, 7) is 1.28. The van der Waals surface area contributed by atoms with Crippen LogP contribution in [0.4, 0.5) is 0 Å². The van der Waals surface area contributed by atoms with Crippen LogP contribution in [0.1, 0.15) is 57.8 Å². The molecule has 0 amide bonds. The van der Waals surface area contributed by atoms with Gasteiger partial charge in [0.15, 0.2) is 0 Å². The number of nitrogens with one attached hydrogen (secondary N) is 1. The molecule has 1 saturated carbocycles. The minimum Gasteiger partial charge on any atom is -0.311 e. The van der Waals surface area contributed by atoms with E-state index in [0.29, 0.717) is 5.54 Å². The third-order valence-electron chi connectivity index (χ3n) is 3.64. The summed E-state index contributed by atoms with van der Waals surface area (Å²) in [7, 11) is 0. The first kappa shape index (κ1) is 8.55. The maximum atomic E-state index is 3.77. The van der Waals surface area contributed by atoms with Crippen molar-refractivity contribution in [2.24, 2.45) is 0 Å². The summed E-state index contributed by atoms with van der Waals surface area (Å²) in [4.78, 5) is 0. The molecule has 0 aromatic rings. The summed E-state index contributed by atoms with van der Waals surface area (Å²) in [6, 6.07) is 0. The first-order valence-corrected chi connectivity index (χ1v) is 5.66. The van der Waals surface area contributed by atoms with Crippen molar-refractivity contribution in [3.63, 3.8) is 0 Å². The highest BCUT2D eigenvalue weighted by Crippen LogP contribution is 2.33. The van der Waals surface area contributed by atoms with Crippen molar-refractivity contribution in [1.29, 1.82) is 0 Å². The van der Waals surface area contributed by atoms with E-state index in [1.165, 1.54) is 64.3 Å². The van der Waals surface area contributed by atoms with Crippen molar-refractivity contribution >= 4 is 0 Å². The van der Waals surface area contributed by atoms with Gasteiger partial charge in [-0.2, -0.15) is 0 Å². The van der Waals surface area contributed by atoms with E-state index in [9.17, 15) is 0 Å². The van der Waals surface area contributed by atoms with E-state index in [4.69, 9.17) is 0 Å². The molecule has 1 heteroatoms. The molecule has 12 heavy (non-hydrogen) atoms. The molecule has 2 fully saturated rings. The Labute approximate surface area is 75.9 Å². The Morgan fingerprint density at radius 2 is 1.25 bits per heavy atom. The van der Waals surface area contributed by atoms with Gasteiger partial charge in [-0.25, -0.2) is 0 Å². The van der Waals surface area contributed by atoms with Gasteiger partial charge in [0.05, 0.1) is 0 Å². The standard InChI is InChI=1S/C11H21N/c1-2-4-8-11(7-3-1)9-5-6-10-12-11/h12H,1-10H2. The second kappa shape index (κ2) is 3.78. The van der Waals surface area contributed by atoms with Gasteiger partial charge in [-0.3, -0.25) is 0 Å². The molecule has 1 saturated heterocycles. The molecule has 0 aromatic heterocycles. The third-order valence-corrected chi connectivity index (χ3v) is 3.64. The van der Waals surface area contributed by atoms with Crippen LogP contribution in [0, 0.1) is 0 Å². The Balaban J connectivity index is 1.95. The molecule has 1 heterocycles. The van der Waals surface area contributed by atoms with E-state index in [1.807, 2.05) is 0 Å². The molecule has 1 aliphatic carbocycles. The summed E-state index contributed by atoms with van der Waals surface area (Å²) >= 11 is 0. The SMILES string of the molecule is C1CCCC2(CC1)CCCCN2. The summed E-state index contributed by atoms with van der Waals surface area (Å²) in [6.07, 6.45) is 13.1. The fourth-order valence-electron chi connectivity index (χ4n) is 2.86. The lowest BCUT2D eigenvalue weighted by Gasteiger charge is -2.38. The topological polar surface area (TPSA) is 12.0 Å². The normalized spacial score (nSPS) is 30.0. The maximum Gasteiger partial charge on any atom is 0.0181 e. The van der Waals surface area contributed by atoms with Gasteiger partial charge in [0, 0.05) is 5.54 Å². The Kier molecular flexibility index (Phi) is 2.69. The van der Waals surface area contributed by atoms with Crippen LogP contribution in [0.2, 0.25) is 0 Å². The van der Waals surface area contributed by atoms with Crippen LogP contribution in [0.25, 0.3) is 0 Å². The first-order chi connectivity index (χ1) is 5.91. The highest BCUT2D eigenvalue weighted by molar-refractivity contribution is 4.91. The van der Waals surface area contributed by atoms with Crippen LogP contribution in [-0.4, -0.2) is 12.1 Å². The van der Waals surface area contributed by atoms with Gasteiger partial charge in [0.2, 0.25) is 0 Å². The van der Waals surface area contributed by atoms with E-state index in [-0.39, 0.29) is 0 Å². The molecular formula is C11H21N. The van der Waals surface area contributed by atoms with E-state index in [2.05, 4.69) is 5.32 Å². The molecule has 0 radical (unpaired) electrons. The van der Waals surface area contributed by atoms with Gasteiger partial charge >= 0.3 is 0 Å². The number of rotatable bonds is 0. The van der Waals surface area contributed by atoms with Crippen molar-refractivity contribution in [2.75, 3.05) is 6.54 Å².